The van der Waals surface area contributed by atoms with E-state index in [0.29, 0.717) is 17.9 Å². The van der Waals surface area contributed by atoms with Gasteiger partial charge in [-0.2, -0.15) is 8.42 Å². The molecule has 0 spiro atoms. The molecule has 1 aliphatic heterocycles. The van der Waals surface area contributed by atoms with E-state index in [0.717, 1.165) is 11.3 Å². The topological polar surface area (TPSA) is 132 Å². The quantitative estimate of drug-likeness (QED) is 0.611. The molecule has 1 aliphatic rings. The van der Waals surface area contributed by atoms with E-state index in [2.05, 4.69) is 14.4 Å². The molecule has 0 aliphatic carbocycles. The molecule has 1 heterocycles. The van der Waals surface area contributed by atoms with E-state index < -0.39 is 15.6 Å². The number of amidine groups is 1. The van der Waals surface area contributed by atoms with E-state index in [1.54, 1.807) is 39.2 Å². The van der Waals surface area contributed by atoms with Gasteiger partial charge in [-0.05, 0) is 43.7 Å². The standard InChI is InChI=1S/C20H24N4O5S/c1-20(2,19(25)22-11-13-7-9-14(28-3)10-8-13)12-29-16-6-4-5-15-17(16)18(21)24-30(26,27)23-15/h4-10,23H,11-12H2,1-3H3,(H2,21,24)(H,22,25). The fraction of sp³-hybridized carbons (Fsp3) is 0.300. The first-order valence-corrected chi connectivity index (χ1v) is 10.6. The van der Waals surface area contributed by atoms with Crippen molar-refractivity contribution in [2.45, 2.75) is 20.4 Å². The Morgan fingerprint density at radius 3 is 2.57 bits per heavy atom. The lowest BCUT2D eigenvalue weighted by Gasteiger charge is -2.25. The molecular weight excluding hydrogens is 408 g/mol. The minimum Gasteiger partial charge on any atom is -0.497 e. The fourth-order valence-electron chi connectivity index (χ4n) is 2.83. The van der Waals surface area contributed by atoms with Crippen LogP contribution in [0.2, 0.25) is 0 Å². The van der Waals surface area contributed by atoms with E-state index in [4.69, 9.17) is 15.2 Å². The normalized spacial score (nSPS) is 14.7. The summed E-state index contributed by atoms with van der Waals surface area (Å²) in [5.74, 6) is 0.730. The number of anilines is 1. The zero-order valence-electron chi connectivity index (χ0n) is 16.9. The molecule has 1 amide bonds. The third-order valence-corrected chi connectivity index (χ3v) is 5.47. The molecule has 0 atom stereocenters. The first kappa shape index (κ1) is 21.4. The van der Waals surface area contributed by atoms with Crippen LogP contribution >= 0.6 is 0 Å². The Morgan fingerprint density at radius 2 is 1.90 bits per heavy atom. The number of methoxy groups -OCH3 is 1. The number of rotatable bonds is 7. The van der Waals surface area contributed by atoms with Crippen molar-refractivity contribution in [2.75, 3.05) is 18.4 Å². The molecule has 9 nitrogen and oxygen atoms in total. The highest BCUT2D eigenvalue weighted by molar-refractivity contribution is 7.91. The zero-order chi connectivity index (χ0) is 21.9. The molecule has 2 aromatic rings. The summed E-state index contributed by atoms with van der Waals surface area (Å²) in [6, 6.07) is 12.2. The van der Waals surface area contributed by atoms with Gasteiger partial charge in [0.25, 0.3) is 0 Å². The van der Waals surface area contributed by atoms with Gasteiger partial charge < -0.3 is 20.5 Å². The molecule has 0 saturated heterocycles. The second kappa shape index (κ2) is 8.23. The lowest BCUT2D eigenvalue weighted by Crippen LogP contribution is -2.40. The van der Waals surface area contributed by atoms with Gasteiger partial charge in [0.05, 0.1) is 23.8 Å². The number of hydrogen-bond donors (Lipinski definition) is 3. The predicted molar refractivity (Wildman–Crippen MR) is 114 cm³/mol. The summed E-state index contributed by atoms with van der Waals surface area (Å²) in [6.45, 7) is 3.93. The van der Waals surface area contributed by atoms with Crippen LogP contribution in [-0.4, -0.2) is 33.9 Å². The lowest BCUT2D eigenvalue weighted by molar-refractivity contribution is -0.131. The molecule has 2 aromatic carbocycles. The van der Waals surface area contributed by atoms with E-state index in [1.165, 1.54) is 0 Å². The molecule has 160 valence electrons. The van der Waals surface area contributed by atoms with Gasteiger partial charge in [0.15, 0.2) is 5.84 Å². The van der Waals surface area contributed by atoms with Crippen molar-refractivity contribution in [3.8, 4) is 11.5 Å². The summed E-state index contributed by atoms with van der Waals surface area (Å²) in [7, 11) is -2.28. The van der Waals surface area contributed by atoms with Crippen molar-refractivity contribution in [1.82, 2.24) is 5.32 Å². The second-order valence-electron chi connectivity index (χ2n) is 7.44. The molecule has 4 N–H and O–H groups in total. The third-order valence-electron chi connectivity index (χ3n) is 4.56. The number of fused-ring (bicyclic) bond motifs is 1. The average Bonchev–Trinajstić information content (AvgIpc) is 2.69. The van der Waals surface area contributed by atoms with Gasteiger partial charge in [-0.15, -0.1) is 4.40 Å². The van der Waals surface area contributed by atoms with Gasteiger partial charge in [0.2, 0.25) is 5.91 Å². The van der Waals surface area contributed by atoms with Crippen LogP contribution in [0.5, 0.6) is 11.5 Å². The molecular formula is C20H24N4O5S. The summed E-state index contributed by atoms with van der Waals surface area (Å²) in [5, 5.41) is 2.90. The Hall–Kier alpha value is -3.27. The van der Waals surface area contributed by atoms with Crippen molar-refractivity contribution in [1.29, 1.82) is 0 Å². The van der Waals surface area contributed by atoms with Crippen LogP contribution in [0.15, 0.2) is 46.9 Å². The Balaban J connectivity index is 1.65. The van der Waals surface area contributed by atoms with Crippen LogP contribution in [0.4, 0.5) is 5.69 Å². The molecule has 0 saturated carbocycles. The second-order valence-corrected chi connectivity index (χ2v) is 8.77. The molecule has 0 bridgehead atoms. The van der Waals surface area contributed by atoms with E-state index in [1.807, 2.05) is 24.3 Å². The van der Waals surface area contributed by atoms with Crippen LogP contribution in [0.3, 0.4) is 0 Å². The van der Waals surface area contributed by atoms with Gasteiger partial charge >= 0.3 is 10.2 Å². The Labute approximate surface area is 175 Å². The van der Waals surface area contributed by atoms with E-state index in [9.17, 15) is 13.2 Å². The smallest absolute Gasteiger partial charge is 0.344 e. The minimum atomic E-state index is -3.87. The lowest BCUT2D eigenvalue weighted by atomic mass is 9.93. The molecule has 0 unspecified atom stereocenters. The SMILES string of the molecule is COc1ccc(CNC(=O)C(C)(C)COc2cccc3c2C(N)=NS(=O)(=O)N3)cc1. The van der Waals surface area contributed by atoms with Crippen LogP contribution in [0, 0.1) is 5.41 Å². The minimum absolute atomic E-state index is 0.0535. The Bertz CT molecular complexity index is 1080. The number of carbonyl (C=O) groups excluding carboxylic acids is 1. The van der Waals surface area contributed by atoms with Crippen molar-refractivity contribution in [3.05, 3.63) is 53.6 Å². The zero-order valence-corrected chi connectivity index (χ0v) is 17.7. The third kappa shape index (κ3) is 4.82. The first-order valence-electron chi connectivity index (χ1n) is 9.17. The van der Waals surface area contributed by atoms with Crippen LogP contribution in [0.1, 0.15) is 25.0 Å². The monoisotopic (exact) mass is 432 g/mol. The number of carbonyl (C=O) groups is 1. The highest BCUT2D eigenvalue weighted by atomic mass is 32.2. The van der Waals surface area contributed by atoms with E-state index in [-0.39, 0.29) is 24.0 Å². The van der Waals surface area contributed by atoms with Crippen LogP contribution < -0.4 is 25.2 Å². The van der Waals surface area contributed by atoms with Crippen LogP contribution in [0.25, 0.3) is 0 Å². The molecule has 3 rings (SSSR count). The number of nitrogens with zero attached hydrogens (tertiary/aromatic N) is 1. The van der Waals surface area contributed by atoms with Gasteiger partial charge in [-0.25, -0.2) is 0 Å². The maximum atomic E-state index is 12.7. The molecule has 0 aromatic heterocycles. The summed E-state index contributed by atoms with van der Waals surface area (Å²) in [6.07, 6.45) is 0. The van der Waals surface area contributed by atoms with Gasteiger partial charge in [0.1, 0.15) is 18.1 Å². The summed E-state index contributed by atoms with van der Waals surface area (Å²) in [4.78, 5) is 12.7. The number of amides is 1. The van der Waals surface area contributed by atoms with Crippen LogP contribution in [-0.2, 0) is 21.5 Å². The van der Waals surface area contributed by atoms with Gasteiger partial charge in [-0.1, -0.05) is 18.2 Å². The Kier molecular flexibility index (Phi) is 5.88. The Morgan fingerprint density at radius 1 is 1.20 bits per heavy atom. The average molecular weight is 433 g/mol. The highest BCUT2D eigenvalue weighted by Gasteiger charge is 2.30. The largest absolute Gasteiger partial charge is 0.497 e. The maximum Gasteiger partial charge on any atom is 0.344 e. The molecule has 0 fully saturated rings. The number of ether oxygens (including phenoxy) is 2. The van der Waals surface area contributed by atoms with Crippen molar-refractivity contribution in [2.24, 2.45) is 15.5 Å². The molecule has 10 heteroatoms. The predicted octanol–water partition coefficient (Wildman–Crippen LogP) is 1.79. The van der Waals surface area contributed by atoms with Crippen molar-refractivity contribution in [3.63, 3.8) is 0 Å². The number of nitrogens with two attached hydrogens (primary N) is 1. The summed E-state index contributed by atoms with van der Waals surface area (Å²) >= 11 is 0. The van der Waals surface area contributed by atoms with Gasteiger partial charge in [0, 0.05) is 6.54 Å². The summed E-state index contributed by atoms with van der Waals surface area (Å²) in [5.41, 5.74) is 6.53. The maximum absolute atomic E-state index is 12.7. The fourth-order valence-corrected chi connectivity index (χ4v) is 3.67. The van der Waals surface area contributed by atoms with Crippen molar-refractivity contribution >= 4 is 27.6 Å². The number of hydrogen-bond acceptors (Lipinski definition) is 6. The highest BCUT2D eigenvalue weighted by Crippen LogP contribution is 2.31. The van der Waals surface area contributed by atoms with E-state index >= 15 is 0 Å². The first-order chi connectivity index (χ1) is 14.1. The molecule has 0 radical (unpaired) electrons. The van der Waals surface area contributed by atoms with Gasteiger partial charge in [-0.3, -0.25) is 9.52 Å². The molecule has 30 heavy (non-hydrogen) atoms. The number of nitrogens with one attached hydrogen (secondary N) is 2. The number of benzene rings is 2. The summed E-state index contributed by atoms with van der Waals surface area (Å²) < 4.78 is 40.1. The van der Waals surface area contributed by atoms with Crippen molar-refractivity contribution < 1.29 is 22.7 Å².